The number of rotatable bonds is 4. The standard InChI is InChI=1S/C10H10F3NO3S/c1-9(8(16)17,10(11,12)13)14-7(15)5-6-3-2-4-18-6/h2-4H,5H2,1H3,(H,14,15)(H,16,17). The molecule has 1 rings (SSSR count). The van der Waals surface area contributed by atoms with E-state index in [0.717, 1.165) is 0 Å². The number of thiophene rings is 1. The van der Waals surface area contributed by atoms with Gasteiger partial charge in [-0.15, -0.1) is 11.3 Å². The zero-order valence-electron chi connectivity index (χ0n) is 9.25. The summed E-state index contributed by atoms with van der Waals surface area (Å²) in [7, 11) is 0. The number of alkyl halides is 3. The van der Waals surface area contributed by atoms with Gasteiger partial charge in [-0.05, 0) is 18.4 Å². The fourth-order valence-corrected chi connectivity index (χ4v) is 1.84. The molecule has 0 aromatic carbocycles. The van der Waals surface area contributed by atoms with Gasteiger partial charge in [-0.2, -0.15) is 13.2 Å². The summed E-state index contributed by atoms with van der Waals surface area (Å²) in [5.74, 6) is -3.13. The zero-order chi connectivity index (χ0) is 14.0. The highest BCUT2D eigenvalue weighted by atomic mass is 32.1. The van der Waals surface area contributed by atoms with Gasteiger partial charge in [-0.25, -0.2) is 4.79 Å². The van der Waals surface area contributed by atoms with Crippen molar-refractivity contribution < 1.29 is 27.9 Å². The Balaban J connectivity index is 2.80. The molecule has 1 aromatic rings. The Morgan fingerprint density at radius 3 is 2.44 bits per heavy atom. The summed E-state index contributed by atoms with van der Waals surface area (Å²) in [5, 5.41) is 11.8. The van der Waals surface area contributed by atoms with Crippen LogP contribution in [0.2, 0.25) is 0 Å². The smallest absolute Gasteiger partial charge is 0.422 e. The highest BCUT2D eigenvalue weighted by molar-refractivity contribution is 7.10. The third-order valence-corrected chi connectivity index (χ3v) is 3.18. The molecular weight excluding hydrogens is 271 g/mol. The lowest BCUT2D eigenvalue weighted by Crippen LogP contribution is -2.62. The third kappa shape index (κ3) is 3.00. The van der Waals surface area contributed by atoms with Crippen LogP contribution < -0.4 is 5.32 Å². The molecule has 0 aliphatic heterocycles. The van der Waals surface area contributed by atoms with Gasteiger partial charge in [-0.1, -0.05) is 6.07 Å². The van der Waals surface area contributed by atoms with E-state index >= 15 is 0 Å². The lowest BCUT2D eigenvalue weighted by molar-refractivity contribution is -0.206. The van der Waals surface area contributed by atoms with Crippen LogP contribution in [0, 0.1) is 0 Å². The minimum atomic E-state index is -5.07. The summed E-state index contributed by atoms with van der Waals surface area (Å²) >= 11 is 1.20. The number of hydrogen-bond acceptors (Lipinski definition) is 3. The predicted molar refractivity (Wildman–Crippen MR) is 58.3 cm³/mol. The van der Waals surface area contributed by atoms with E-state index in [9.17, 15) is 22.8 Å². The van der Waals surface area contributed by atoms with Crippen molar-refractivity contribution in [3.8, 4) is 0 Å². The SMILES string of the molecule is CC(NC(=O)Cc1cccs1)(C(=O)O)C(F)(F)F. The number of amides is 1. The number of nitrogens with one attached hydrogen (secondary N) is 1. The Hall–Kier alpha value is -1.57. The molecule has 1 amide bonds. The van der Waals surface area contributed by atoms with Gasteiger partial charge < -0.3 is 10.4 Å². The molecule has 0 radical (unpaired) electrons. The second-order valence-electron chi connectivity index (χ2n) is 3.73. The van der Waals surface area contributed by atoms with Gasteiger partial charge in [-0.3, -0.25) is 4.79 Å². The van der Waals surface area contributed by atoms with Crippen molar-refractivity contribution in [1.82, 2.24) is 5.32 Å². The van der Waals surface area contributed by atoms with E-state index < -0.39 is 23.6 Å². The Morgan fingerprint density at radius 1 is 1.44 bits per heavy atom. The summed E-state index contributed by atoms with van der Waals surface area (Å²) in [5.41, 5.74) is -3.28. The average molecular weight is 281 g/mol. The van der Waals surface area contributed by atoms with Crippen LogP contribution in [0.1, 0.15) is 11.8 Å². The second-order valence-corrected chi connectivity index (χ2v) is 4.76. The summed E-state index contributed by atoms with van der Waals surface area (Å²) in [6.45, 7) is 0.418. The lowest BCUT2D eigenvalue weighted by atomic mass is 10.0. The second kappa shape index (κ2) is 4.97. The fraction of sp³-hybridized carbons (Fsp3) is 0.400. The molecule has 8 heteroatoms. The van der Waals surface area contributed by atoms with E-state index in [-0.39, 0.29) is 6.42 Å². The molecule has 0 spiro atoms. The topological polar surface area (TPSA) is 66.4 Å². The van der Waals surface area contributed by atoms with Crippen LogP contribution in [-0.2, 0) is 16.0 Å². The maximum Gasteiger partial charge on any atom is 0.422 e. The van der Waals surface area contributed by atoms with Crippen molar-refractivity contribution in [3.63, 3.8) is 0 Å². The van der Waals surface area contributed by atoms with E-state index in [4.69, 9.17) is 5.11 Å². The number of aliphatic carboxylic acids is 1. The van der Waals surface area contributed by atoms with Crippen LogP contribution in [-0.4, -0.2) is 28.7 Å². The van der Waals surface area contributed by atoms with E-state index in [0.29, 0.717) is 11.8 Å². The van der Waals surface area contributed by atoms with Gasteiger partial charge in [0.15, 0.2) is 0 Å². The number of hydrogen-bond donors (Lipinski definition) is 2. The Morgan fingerprint density at radius 2 is 2.06 bits per heavy atom. The zero-order valence-corrected chi connectivity index (χ0v) is 10.1. The molecule has 2 N–H and O–H groups in total. The van der Waals surface area contributed by atoms with Gasteiger partial charge in [0.1, 0.15) is 0 Å². The molecule has 0 aliphatic rings. The van der Waals surface area contributed by atoms with Crippen LogP contribution in [0.5, 0.6) is 0 Å². The molecule has 0 saturated heterocycles. The maximum absolute atomic E-state index is 12.6. The first-order chi connectivity index (χ1) is 8.17. The first kappa shape index (κ1) is 14.5. The average Bonchev–Trinajstić information content (AvgIpc) is 2.67. The van der Waals surface area contributed by atoms with Crippen LogP contribution in [0.3, 0.4) is 0 Å². The van der Waals surface area contributed by atoms with Crippen molar-refractivity contribution in [2.24, 2.45) is 0 Å². The molecule has 0 fully saturated rings. The van der Waals surface area contributed by atoms with E-state index in [1.54, 1.807) is 17.5 Å². The Bertz CT molecular complexity index is 444. The first-order valence-electron chi connectivity index (χ1n) is 4.80. The van der Waals surface area contributed by atoms with Gasteiger partial charge in [0.05, 0.1) is 6.42 Å². The maximum atomic E-state index is 12.6. The lowest BCUT2D eigenvalue weighted by Gasteiger charge is -2.28. The van der Waals surface area contributed by atoms with E-state index in [2.05, 4.69) is 0 Å². The molecule has 1 unspecified atom stereocenters. The molecule has 1 heterocycles. The Kier molecular flexibility index (Phi) is 4.00. The van der Waals surface area contributed by atoms with Gasteiger partial charge in [0, 0.05) is 4.88 Å². The first-order valence-corrected chi connectivity index (χ1v) is 5.68. The molecule has 0 bridgehead atoms. The van der Waals surface area contributed by atoms with Crippen LogP contribution in [0.4, 0.5) is 13.2 Å². The highest BCUT2D eigenvalue weighted by Crippen LogP contribution is 2.30. The predicted octanol–water partition coefficient (Wildman–Crippen LogP) is 1.81. The normalized spacial score (nSPS) is 14.9. The van der Waals surface area contributed by atoms with Crippen LogP contribution in [0.15, 0.2) is 17.5 Å². The van der Waals surface area contributed by atoms with Crippen molar-refractivity contribution in [2.45, 2.75) is 25.1 Å². The molecule has 0 saturated carbocycles. The van der Waals surface area contributed by atoms with Crippen molar-refractivity contribution >= 4 is 23.2 Å². The fourth-order valence-electron chi connectivity index (χ4n) is 1.14. The number of carboxylic acid groups (broad SMARTS) is 1. The van der Waals surface area contributed by atoms with Crippen molar-refractivity contribution in [2.75, 3.05) is 0 Å². The third-order valence-electron chi connectivity index (χ3n) is 2.30. The van der Waals surface area contributed by atoms with Crippen molar-refractivity contribution in [1.29, 1.82) is 0 Å². The minimum absolute atomic E-state index is 0.281. The summed E-state index contributed by atoms with van der Waals surface area (Å²) in [6, 6.07) is 3.23. The molecule has 18 heavy (non-hydrogen) atoms. The van der Waals surface area contributed by atoms with Crippen molar-refractivity contribution in [3.05, 3.63) is 22.4 Å². The molecule has 4 nitrogen and oxygen atoms in total. The number of carboxylic acids is 1. The largest absolute Gasteiger partial charge is 0.479 e. The van der Waals surface area contributed by atoms with Gasteiger partial charge in [0.2, 0.25) is 11.4 Å². The quantitative estimate of drug-likeness (QED) is 0.884. The summed E-state index contributed by atoms with van der Waals surface area (Å²) in [4.78, 5) is 22.6. The number of carbonyl (C=O) groups is 2. The highest BCUT2D eigenvalue weighted by Gasteiger charge is 2.58. The molecule has 0 aliphatic carbocycles. The van der Waals surface area contributed by atoms with Crippen LogP contribution >= 0.6 is 11.3 Å². The molecule has 100 valence electrons. The minimum Gasteiger partial charge on any atom is -0.479 e. The number of halogens is 3. The summed E-state index contributed by atoms with van der Waals surface area (Å²) < 4.78 is 37.8. The molecule has 1 atom stereocenters. The Labute approximate surface area is 104 Å². The molecular formula is C10H10F3NO3S. The van der Waals surface area contributed by atoms with Crippen LogP contribution in [0.25, 0.3) is 0 Å². The number of carbonyl (C=O) groups excluding carboxylic acids is 1. The molecule has 1 aromatic heterocycles. The van der Waals surface area contributed by atoms with Gasteiger partial charge in [0.25, 0.3) is 0 Å². The van der Waals surface area contributed by atoms with E-state index in [1.807, 2.05) is 0 Å². The monoisotopic (exact) mass is 281 g/mol. The summed E-state index contributed by atoms with van der Waals surface area (Å²) in [6.07, 6.45) is -5.35. The van der Waals surface area contributed by atoms with Gasteiger partial charge >= 0.3 is 12.1 Å². The van der Waals surface area contributed by atoms with E-state index in [1.165, 1.54) is 16.7 Å².